The van der Waals surface area contributed by atoms with Gasteiger partial charge in [0, 0.05) is 31.3 Å². The minimum absolute atomic E-state index is 0.448. The van der Waals surface area contributed by atoms with Gasteiger partial charge in [0.15, 0.2) is 11.5 Å². The third-order valence-corrected chi connectivity index (χ3v) is 6.41. The van der Waals surface area contributed by atoms with Gasteiger partial charge in [-0.25, -0.2) is 9.97 Å². The molecule has 0 radical (unpaired) electrons. The molecule has 4 heterocycles. The summed E-state index contributed by atoms with van der Waals surface area (Å²) in [5, 5.41) is 14.6. The highest BCUT2D eigenvalue weighted by Crippen LogP contribution is 2.29. The summed E-state index contributed by atoms with van der Waals surface area (Å²) in [7, 11) is 1.57. The largest absolute Gasteiger partial charge is 0.486 e. The Kier molecular flexibility index (Phi) is 7.03. The molecule has 34 heavy (non-hydrogen) atoms. The maximum absolute atomic E-state index is 11.0. The second-order valence-corrected chi connectivity index (χ2v) is 8.86. The lowest BCUT2D eigenvalue weighted by atomic mass is 9.97. The number of nitrogens with one attached hydrogen (secondary N) is 1. The van der Waals surface area contributed by atoms with Crippen LogP contribution in [0.25, 0.3) is 11.0 Å². The number of hydrogen-bond acceptors (Lipinski definition) is 9. The van der Waals surface area contributed by atoms with Crippen LogP contribution in [-0.4, -0.2) is 71.5 Å². The summed E-state index contributed by atoms with van der Waals surface area (Å²) in [6, 6.07) is 7.69. The van der Waals surface area contributed by atoms with Crippen molar-refractivity contribution >= 4 is 11.0 Å². The Hall–Kier alpha value is -3.01. The summed E-state index contributed by atoms with van der Waals surface area (Å²) in [5.41, 5.74) is 3.18. The van der Waals surface area contributed by atoms with E-state index in [1.54, 1.807) is 19.5 Å². The third kappa shape index (κ3) is 5.22. The number of ether oxygens (including phenoxy) is 3. The molecule has 0 aliphatic carbocycles. The van der Waals surface area contributed by atoms with E-state index < -0.39 is 6.10 Å². The van der Waals surface area contributed by atoms with E-state index in [0.29, 0.717) is 49.4 Å². The van der Waals surface area contributed by atoms with Crippen molar-refractivity contribution < 1.29 is 19.3 Å². The van der Waals surface area contributed by atoms with Crippen molar-refractivity contribution in [2.45, 2.75) is 25.5 Å². The number of pyridine rings is 1. The molecular weight excluding hydrogens is 434 g/mol. The van der Waals surface area contributed by atoms with Crippen LogP contribution in [0, 0.1) is 5.92 Å². The fourth-order valence-corrected chi connectivity index (χ4v) is 4.72. The average molecular weight is 466 g/mol. The number of para-hydroxylation sites is 1. The number of aliphatic hydroxyl groups is 1. The van der Waals surface area contributed by atoms with E-state index in [-0.39, 0.29) is 0 Å². The molecular formula is C25H31N5O4. The number of aliphatic hydroxyl groups excluding tert-OH is 1. The molecule has 2 aromatic heterocycles. The highest BCUT2D eigenvalue weighted by Gasteiger charge is 2.23. The molecule has 1 fully saturated rings. The smallest absolute Gasteiger partial charge is 0.232 e. The normalized spacial score (nSPS) is 19.2. The molecule has 2 atom stereocenters. The zero-order chi connectivity index (χ0) is 23.3. The van der Waals surface area contributed by atoms with E-state index >= 15 is 0 Å². The fourth-order valence-electron chi connectivity index (χ4n) is 4.72. The predicted molar refractivity (Wildman–Crippen MR) is 127 cm³/mol. The van der Waals surface area contributed by atoms with Crippen molar-refractivity contribution in [2.75, 3.05) is 46.5 Å². The van der Waals surface area contributed by atoms with Gasteiger partial charge >= 0.3 is 0 Å². The molecule has 5 rings (SSSR count). The number of hydrogen-bond donors (Lipinski definition) is 2. The number of likely N-dealkylation sites (tertiary alicyclic amines) is 1. The molecule has 0 spiro atoms. The zero-order valence-corrected chi connectivity index (χ0v) is 19.4. The number of β-amino-alcohol motifs (C(OH)–C–C–N with tert-alkyl or cyclic N) is 1. The Bertz CT molecular complexity index is 1130. The van der Waals surface area contributed by atoms with Crippen molar-refractivity contribution in [3.63, 3.8) is 0 Å². The lowest BCUT2D eigenvalue weighted by Crippen LogP contribution is -2.41. The lowest BCUT2D eigenvalue weighted by Gasteiger charge is -2.34. The Morgan fingerprint density at radius 2 is 2.09 bits per heavy atom. The summed E-state index contributed by atoms with van der Waals surface area (Å²) in [6.45, 7) is 5.23. The Morgan fingerprint density at radius 1 is 1.21 bits per heavy atom. The van der Waals surface area contributed by atoms with Gasteiger partial charge in [0.1, 0.15) is 13.2 Å². The number of fused-ring (bicyclic) bond motifs is 2. The predicted octanol–water partition coefficient (Wildman–Crippen LogP) is 2.34. The van der Waals surface area contributed by atoms with E-state index in [4.69, 9.17) is 14.2 Å². The van der Waals surface area contributed by atoms with Gasteiger partial charge in [0.2, 0.25) is 5.88 Å². The number of piperidine rings is 1. The van der Waals surface area contributed by atoms with Crippen LogP contribution < -0.4 is 19.5 Å². The van der Waals surface area contributed by atoms with Crippen LogP contribution in [0.5, 0.6) is 17.4 Å². The zero-order valence-electron chi connectivity index (χ0n) is 19.4. The van der Waals surface area contributed by atoms with E-state index in [1.165, 1.54) is 6.42 Å². The Balaban J connectivity index is 1.15. The van der Waals surface area contributed by atoms with Crippen LogP contribution in [0.15, 0.2) is 36.7 Å². The summed E-state index contributed by atoms with van der Waals surface area (Å²) in [4.78, 5) is 15.7. The van der Waals surface area contributed by atoms with Crippen LogP contribution in [0.1, 0.15) is 30.2 Å². The molecule has 180 valence electrons. The van der Waals surface area contributed by atoms with Crippen molar-refractivity contribution in [1.29, 1.82) is 0 Å². The first kappa shape index (κ1) is 22.8. The summed E-state index contributed by atoms with van der Waals surface area (Å²) in [6.07, 6.45) is 4.98. The molecule has 1 saturated heterocycles. The monoisotopic (exact) mass is 465 g/mol. The van der Waals surface area contributed by atoms with Gasteiger partial charge in [-0.2, -0.15) is 0 Å². The molecule has 3 aromatic rings. The second kappa shape index (κ2) is 10.5. The van der Waals surface area contributed by atoms with Gasteiger partial charge in [0.05, 0.1) is 42.3 Å². The summed E-state index contributed by atoms with van der Waals surface area (Å²) < 4.78 is 16.4. The van der Waals surface area contributed by atoms with E-state index in [0.717, 1.165) is 48.6 Å². The highest BCUT2D eigenvalue weighted by molar-refractivity contribution is 5.78. The van der Waals surface area contributed by atoms with Crippen molar-refractivity contribution in [2.24, 2.45) is 5.92 Å². The molecule has 9 heteroatoms. The average Bonchev–Trinajstić information content (AvgIpc) is 2.88. The number of nitrogens with zero attached hydrogens (tertiary/aromatic N) is 4. The molecule has 2 aliphatic rings. The van der Waals surface area contributed by atoms with Crippen molar-refractivity contribution in [3.8, 4) is 17.4 Å². The fraction of sp³-hybridized carbons (Fsp3) is 0.480. The van der Waals surface area contributed by atoms with Crippen LogP contribution in [0.2, 0.25) is 0 Å². The quantitative estimate of drug-likeness (QED) is 0.519. The second-order valence-electron chi connectivity index (χ2n) is 8.86. The number of benzene rings is 1. The van der Waals surface area contributed by atoms with Gasteiger partial charge in [-0.3, -0.25) is 4.98 Å². The molecule has 1 aromatic carbocycles. The lowest BCUT2D eigenvalue weighted by molar-refractivity contribution is 0.0848. The summed E-state index contributed by atoms with van der Waals surface area (Å²) >= 11 is 0. The van der Waals surface area contributed by atoms with Crippen molar-refractivity contribution in [3.05, 3.63) is 47.9 Å². The summed E-state index contributed by atoms with van der Waals surface area (Å²) in [5.74, 6) is 2.45. The van der Waals surface area contributed by atoms with Crippen molar-refractivity contribution in [1.82, 2.24) is 25.2 Å². The molecule has 2 aliphatic heterocycles. The van der Waals surface area contributed by atoms with E-state index in [9.17, 15) is 5.11 Å². The molecule has 0 amide bonds. The van der Waals surface area contributed by atoms with Crippen LogP contribution in [0.3, 0.4) is 0 Å². The topological polar surface area (TPSA) is 102 Å². The first-order valence-corrected chi connectivity index (χ1v) is 11.8. The van der Waals surface area contributed by atoms with Crippen LogP contribution in [0.4, 0.5) is 0 Å². The molecule has 2 N–H and O–H groups in total. The molecule has 9 nitrogen and oxygen atoms in total. The maximum Gasteiger partial charge on any atom is 0.232 e. The van der Waals surface area contributed by atoms with Gasteiger partial charge in [-0.15, -0.1) is 0 Å². The Morgan fingerprint density at radius 3 is 2.97 bits per heavy atom. The van der Waals surface area contributed by atoms with Gasteiger partial charge in [0.25, 0.3) is 0 Å². The first-order chi connectivity index (χ1) is 16.7. The van der Waals surface area contributed by atoms with Gasteiger partial charge in [-0.1, -0.05) is 12.1 Å². The molecule has 2 unspecified atom stereocenters. The van der Waals surface area contributed by atoms with Crippen LogP contribution in [-0.2, 0) is 6.54 Å². The van der Waals surface area contributed by atoms with E-state index in [2.05, 4.69) is 25.2 Å². The molecule has 0 bridgehead atoms. The van der Waals surface area contributed by atoms with Crippen LogP contribution >= 0.6 is 0 Å². The van der Waals surface area contributed by atoms with Gasteiger partial charge in [-0.05, 0) is 37.9 Å². The SMILES string of the molecule is COc1cnc2cccc(C(O)CN3CCCC(CNCc4cc5c(cn4)OCCO5)C3)c2n1. The van der Waals surface area contributed by atoms with Gasteiger partial charge < -0.3 is 29.5 Å². The minimum Gasteiger partial charge on any atom is -0.486 e. The maximum atomic E-state index is 11.0. The highest BCUT2D eigenvalue weighted by atomic mass is 16.6. The van der Waals surface area contributed by atoms with E-state index in [1.807, 2.05) is 24.3 Å². The third-order valence-electron chi connectivity index (χ3n) is 6.41. The number of methoxy groups -OCH3 is 1. The minimum atomic E-state index is -0.640. The first-order valence-electron chi connectivity index (χ1n) is 11.8. The Labute approximate surface area is 199 Å². The number of aromatic nitrogens is 3. The molecule has 0 saturated carbocycles. The number of rotatable bonds is 8. The standard InChI is InChI=1S/C25H31N5O4/c1-32-24-14-28-20-6-2-5-19(25(20)29-24)21(31)16-30-7-3-4-17(15-30)11-26-12-18-10-22-23(13-27-18)34-9-8-33-22/h2,5-6,10,13-14,17,21,26,31H,3-4,7-9,11-12,15-16H2,1H3.